The van der Waals surface area contributed by atoms with Crippen molar-refractivity contribution >= 4 is 6.29 Å². The number of carbonyl (C=O) groups is 1. The SMILES string of the molecule is CC(C)c1ccc2c(c1)C[C@H](C=O)C2. The maximum absolute atomic E-state index is 10.7. The molecule has 0 saturated heterocycles. The Morgan fingerprint density at radius 1 is 1.29 bits per heavy atom. The molecule has 1 atom stereocenters. The highest BCUT2D eigenvalue weighted by Gasteiger charge is 2.20. The first-order valence-corrected chi connectivity index (χ1v) is 5.27. The van der Waals surface area contributed by atoms with Crippen molar-refractivity contribution in [1.82, 2.24) is 0 Å². The van der Waals surface area contributed by atoms with E-state index in [2.05, 4.69) is 32.0 Å². The zero-order valence-corrected chi connectivity index (χ0v) is 8.79. The van der Waals surface area contributed by atoms with E-state index in [0.29, 0.717) is 5.92 Å². The lowest BCUT2D eigenvalue weighted by Gasteiger charge is -2.07. The molecular formula is C13H16O. The maximum atomic E-state index is 10.7. The number of carbonyl (C=O) groups excluding carboxylic acids is 1. The molecule has 1 aromatic carbocycles. The van der Waals surface area contributed by atoms with Gasteiger partial charge in [0.15, 0.2) is 0 Å². The van der Waals surface area contributed by atoms with Gasteiger partial charge in [-0.05, 0) is 35.4 Å². The smallest absolute Gasteiger partial charge is 0.123 e. The van der Waals surface area contributed by atoms with Crippen molar-refractivity contribution in [1.29, 1.82) is 0 Å². The summed E-state index contributed by atoms with van der Waals surface area (Å²) in [6, 6.07) is 6.65. The van der Waals surface area contributed by atoms with Crippen molar-refractivity contribution in [2.45, 2.75) is 32.6 Å². The van der Waals surface area contributed by atoms with Crippen LogP contribution in [0.3, 0.4) is 0 Å². The van der Waals surface area contributed by atoms with Gasteiger partial charge in [0, 0.05) is 5.92 Å². The van der Waals surface area contributed by atoms with E-state index in [4.69, 9.17) is 0 Å². The zero-order chi connectivity index (χ0) is 10.1. The summed E-state index contributed by atoms with van der Waals surface area (Å²) in [7, 11) is 0. The van der Waals surface area contributed by atoms with Gasteiger partial charge in [-0.15, -0.1) is 0 Å². The van der Waals surface area contributed by atoms with Crippen LogP contribution in [0.2, 0.25) is 0 Å². The van der Waals surface area contributed by atoms with E-state index in [9.17, 15) is 4.79 Å². The minimum Gasteiger partial charge on any atom is -0.303 e. The van der Waals surface area contributed by atoms with Gasteiger partial charge in [0.2, 0.25) is 0 Å². The average molecular weight is 188 g/mol. The van der Waals surface area contributed by atoms with Crippen molar-refractivity contribution in [3.63, 3.8) is 0 Å². The lowest BCUT2D eigenvalue weighted by Crippen LogP contribution is -1.99. The molecular weight excluding hydrogens is 172 g/mol. The predicted octanol–water partition coefficient (Wildman–Crippen LogP) is 2.72. The van der Waals surface area contributed by atoms with Crippen molar-refractivity contribution in [2.24, 2.45) is 5.92 Å². The van der Waals surface area contributed by atoms with Gasteiger partial charge in [-0.1, -0.05) is 32.0 Å². The summed E-state index contributed by atoms with van der Waals surface area (Å²) < 4.78 is 0. The fourth-order valence-corrected chi connectivity index (χ4v) is 2.13. The van der Waals surface area contributed by atoms with E-state index in [-0.39, 0.29) is 5.92 Å². The normalized spacial score (nSPS) is 19.8. The lowest BCUT2D eigenvalue weighted by molar-refractivity contribution is -0.110. The topological polar surface area (TPSA) is 17.1 Å². The Balaban J connectivity index is 2.30. The molecule has 74 valence electrons. The molecule has 0 fully saturated rings. The Kier molecular flexibility index (Phi) is 2.40. The van der Waals surface area contributed by atoms with Crippen molar-refractivity contribution in [3.8, 4) is 0 Å². The van der Waals surface area contributed by atoms with Gasteiger partial charge in [0.05, 0.1) is 0 Å². The molecule has 1 nitrogen and oxygen atoms in total. The molecule has 1 aliphatic rings. The molecule has 0 N–H and O–H groups in total. The first-order chi connectivity index (χ1) is 6.70. The lowest BCUT2D eigenvalue weighted by atomic mass is 9.99. The van der Waals surface area contributed by atoms with Gasteiger partial charge >= 0.3 is 0 Å². The van der Waals surface area contributed by atoms with Crippen LogP contribution in [0.15, 0.2) is 18.2 Å². The summed E-state index contributed by atoms with van der Waals surface area (Å²) in [6.07, 6.45) is 2.98. The van der Waals surface area contributed by atoms with E-state index in [0.717, 1.165) is 19.1 Å². The summed E-state index contributed by atoms with van der Waals surface area (Å²) in [5.74, 6) is 0.808. The van der Waals surface area contributed by atoms with Gasteiger partial charge in [-0.3, -0.25) is 0 Å². The Labute approximate surface area is 85.1 Å². The molecule has 0 amide bonds. The van der Waals surface area contributed by atoms with Crippen LogP contribution in [0.4, 0.5) is 0 Å². The number of rotatable bonds is 2. The highest BCUT2D eigenvalue weighted by molar-refractivity contribution is 5.58. The number of hydrogen-bond acceptors (Lipinski definition) is 1. The molecule has 2 rings (SSSR count). The molecule has 1 aromatic rings. The Hall–Kier alpha value is -1.11. The molecule has 14 heavy (non-hydrogen) atoms. The molecule has 1 aliphatic carbocycles. The quantitative estimate of drug-likeness (QED) is 0.652. The predicted molar refractivity (Wildman–Crippen MR) is 57.5 cm³/mol. The van der Waals surface area contributed by atoms with Crippen molar-refractivity contribution in [3.05, 3.63) is 34.9 Å². The molecule has 0 heterocycles. The number of hydrogen-bond donors (Lipinski definition) is 0. The van der Waals surface area contributed by atoms with Crippen molar-refractivity contribution < 1.29 is 4.79 Å². The maximum Gasteiger partial charge on any atom is 0.123 e. The van der Waals surface area contributed by atoms with E-state index in [1.54, 1.807) is 0 Å². The highest BCUT2D eigenvalue weighted by atomic mass is 16.1. The summed E-state index contributed by atoms with van der Waals surface area (Å²) in [6.45, 7) is 4.40. The zero-order valence-electron chi connectivity index (χ0n) is 8.79. The third kappa shape index (κ3) is 1.59. The summed E-state index contributed by atoms with van der Waals surface area (Å²) in [4.78, 5) is 10.7. The van der Waals surface area contributed by atoms with Crippen LogP contribution < -0.4 is 0 Å². The summed E-state index contributed by atoms with van der Waals surface area (Å²) in [5, 5.41) is 0. The van der Waals surface area contributed by atoms with Gasteiger partial charge in [-0.25, -0.2) is 0 Å². The molecule has 1 heteroatoms. The molecule has 0 bridgehead atoms. The van der Waals surface area contributed by atoms with Gasteiger partial charge in [0.1, 0.15) is 6.29 Å². The van der Waals surface area contributed by atoms with Crippen LogP contribution in [-0.4, -0.2) is 6.29 Å². The second-order valence-electron chi connectivity index (χ2n) is 4.49. The Morgan fingerprint density at radius 2 is 2.00 bits per heavy atom. The monoisotopic (exact) mass is 188 g/mol. The fourth-order valence-electron chi connectivity index (χ4n) is 2.13. The van der Waals surface area contributed by atoms with E-state index < -0.39 is 0 Å². The average Bonchev–Trinajstić information content (AvgIpc) is 2.58. The van der Waals surface area contributed by atoms with Crippen LogP contribution in [0, 0.1) is 5.92 Å². The number of benzene rings is 1. The largest absolute Gasteiger partial charge is 0.303 e. The second-order valence-corrected chi connectivity index (χ2v) is 4.49. The van der Waals surface area contributed by atoms with Crippen LogP contribution >= 0.6 is 0 Å². The molecule has 0 saturated carbocycles. The summed E-state index contributed by atoms with van der Waals surface area (Å²) >= 11 is 0. The van der Waals surface area contributed by atoms with Crippen LogP contribution in [-0.2, 0) is 17.6 Å². The van der Waals surface area contributed by atoms with Crippen molar-refractivity contribution in [2.75, 3.05) is 0 Å². The van der Waals surface area contributed by atoms with Gasteiger partial charge < -0.3 is 4.79 Å². The second kappa shape index (κ2) is 3.56. The molecule has 0 unspecified atom stereocenters. The first kappa shape index (κ1) is 9.45. The third-order valence-electron chi connectivity index (χ3n) is 3.05. The van der Waals surface area contributed by atoms with E-state index >= 15 is 0 Å². The number of fused-ring (bicyclic) bond motifs is 1. The minimum atomic E-state index is 0.229. The Morgan fingerprint density at radius 3 is 2.64 bits per heavy atom. The molecule has 0 radical (unpaired) electrons. The van der Waals surface area contributed by atoms with Crippen LogP contribution in [0.25, 0.3) is 0 Å². The van der Waals surface area contributed by atoms with Gasteiger partial charge in [0.25, 0.3) is 0 Å². The summed E-state index contributed by atoms with van der Waals surface area (Å²) in [5.41, 5.74) is 4.13. The van der Waals surface area contributed by atoms with Gasteiger partial charge in [-0.2, -0.15) is 0 Å². The fraction of sp³-hybridized carbons (Fsp3) is 0.462. The number of aldehydes is 1. The third-order valence-corrected chi connectivity index (χ3v) is 3.05. The first-order valence-electron chi connectivity index (χ1n) is 5.27. The molecule has 0 aliphatic heterocycles. The molecule has 0 aromatic heterocycles. The van der Waals surface area contributed by atoms with E-state index in [1.807, 2.05) is 0 Å². The highest BCUT2D eigenvalue weighted by Crippen LogP contribution is 2.28. The minimum absolute atomic E-state index is 0.229. The molecule has 0 spiro atoms. The van der Waals surface area contributed by atoms with E-state index in [1.165, 1.54) is 16.7 Å². The van der Waals surface area contributed by atoms with Crippen LogP contribution in [0.5, 0.6) is 0 Å². The van der Waals surface area contributed by atoms with Crippen LogP contribution in [0.1, 0.15) is 36.5 Å². The Bertz CT molecular complexity index is 352. The standard InChI is InChI=1S/C13H16O/c1-9(2)11-3-4-12-5-10(8-14)6-13(12)7-11/h3-4,7-10H,5-6H2,1-2H3/t10-/m1/s1.